The van der Waals surface area contributed by atoms with Crippen molar-refractivity contribution in [1.29, 1.82) is 0 Å². The zero-order valence-electron chi connectivity index (χ0n) is 10.5. The predicted octanol–water partition coefficient (Wildman–Crippen LogP) is 2.52. The van der Waals surface area contributed by atoms with E-state index in [1.807, 2.05) is 13.0 Å². The molecule has 17 heavy (non-hydrogen) atoms. The average Bonchev–Trinajstić information content (AvgIpc) is 3.05. The van der Waals surface area contributed by atoms with Gasteiger partial charge in [0, 0.05) is 6.04 Å². The maximum absolute atomic E-state index is 11.3. The summed E-state index contributed by atoms with van der Waals surface area (Å²) in [5.74, 6) is 1.40. The highest BCUT2D eigenvalue weighted by Gasteiger charge is 2.29. The van der Waals surface area contributed by atoms with Gasteiger partial charge >= 0.3 is 5.97 Å². The van der Waals surface area contributed by atoms with E-state index in [-0.39, 0.29) is 11.8 Å². The fourth-order valence-corrected chi connectivity index (χ4v) is 2.00. The molecule has 0 spiro atoms. The summed E-state index contributed by atoms with van der Waals surface area (Å²) < 4.78 is 10.1. The molecule has 1 aliphatic rings. The summed E-state index contributed by atoms with van der Waals surface area (Å²) in [6.07, 6.45) is 2.62. The van der Waals surface area contributed by atoms with Crippen molar-refractivity contribution >= 4 is 5.97 Å². The summed E-state index contributed by atoms with van der Waals surface area (Å²) in [6, 6.07) is 4.09. The fourth-order valence-electron chi connectivity index (χ4n) is 2.00. The van der Waals surface area contributed by atoms with Gasteiger partial charge in [-0.05, 0) is 44.7 Å². The van der Waals surface area contributed by atoms with Crippen LogP contribution in [-0.4, -0.2) is 19.1 Å². The van der Waals surface area contributed by atoms with E-state index in [0.717, 1.165) is 11.7 Å². The van der Waals surface area contributed by atoms with Crippen LogP contribution in [0.5, 0.6) is 0 Å². The maximum atomic E-state index is 11.3. The molecule has 2 rings (SSSR count). The number of esters is 1. The first kappa shape index (κ1) is 12.2. The molecule has 0 aliphatic heterocycles. The number of carbonyl (C=O) groups excluding carboxylic acids is 1. The monoisotopic (exact) mass is 237 g/mol. The summed E-state index contributed by atoms with van der Waals surface area (Å²) in [4.78, 5) is 11.3. The van der Waals surface area contributed by atoms with E-state index in [9.17, 15) is 4.79 Å². The van der Waals surface area contributed by atoms with Crippen molar-refractivity contribution in [2.75, 3.05) is 7.11 Å². The lowest BCUT2D eigenvalue weighted by atomic mass is 10.1. The standard InChI is InChI=1S/C13H19NO3/c1-8(10-4-5-10)14-9(2)11-6-7-12(17-11)13(15)16-3/h6-10,14H,4-5H2,1-3H3. The molecular weight excluding hydrogens is 218 g/mol. The predicted molar refractivity (Wildman–Crippen MR) is 63.8 cm³/mol. The second-order valence-corrected chi connectivity index (χ2v) is 4.71. The Morgan fingerprint density at radius 3 is 2.76 bits per heavy atom. The molecular formula is C13H19NO3. The van der Waals surface area contributed by atoms with E-state index in [1.54, 1.807) is 6.07 Å². The number of rotatable bonds is 5. The number of hydrogen-bond acceptors (Lipinski definition) is 4. The van der Waals surface area contributed by atoms with Gasteiger partial charge in [0.05, 0.1) is 13.2 Å². The molecule has 1 fully saturated rings. The molecule has 0 amide bonds. The molecule has 4 heteroatoms. The van der Waals surface area contributed by atoms with E-state index < -0.39 is 5.97 Å². The highest BCUT2D eigenvalue weighted by atomic mass is 16.5. The first-order valence-electron chi connectivity index (χ1n) is 6.06. The lowest BCUT2D eigenvalue weighted by Crippen LogP contribution is -2.30. The zero-order valence-corrected chi connectivity index (χ0v) is 10.5. The van der Waals surface area contributed by atoms with Crippen molar-refractivity contribution < 1.29 is 13.9 Å². The van der Waals surface area contributed by atoms with Crippen LogP contribution in [0.25, 0.3) is 0 Å². The van der Waals surface area contributed by atoms with Gasteiger partial charge in [0.25, 0.3) is 0 Å². The summed E-state index contributed by atoms with van der Waals surface area (Å²) in [5, 5.41) is 3.48. The third-order valence-electron chi connectivity index (χ3n) is 3.28. The van der Waals surface area contributed by atoms with E-state index in [0.29, 0.717) is 6.04 Å². The Bertz CT molecular complexity index is 395. The van der Waals surface area contributed by atoms with Crippen molar-refractivity contribution in [2.45, 2.75) is 38.8 Å². The van der Waals surface area contributed by atoms with E-state index >= 15 is 0 Å². The van der Waals surface area contributed by atoms with Crippen molar-refractivity contribution in [1.82, 2.24) is 5.32 Å². The van der Waals surface area contributed by atoms with Crippen molar-refractivity contribution in [3.8, 4) is 0 Å². The molecule has 1 heterocycles. The van der Waals surface area contributed by atoms with Gasteiger partial charge in [-0.15, -0.1) is 0 Å². The number of furan rings is 1. The molecule has 2 unspecified atom stereocenters. The second kappa shape index (κ2) is 4.92. The minimum atomic E-state index is -0.432. The third kappa shape index (κ3) is 2.88. The Kier molecular flexibility index (Phi) is 3.52. The Morgan fingerprint density at radius 2 is 2.18 bits per heavy atom. The minimum Gasteiger partial charge on any atom is -0.463 e. The van der Waals surface area contributed by atoms with E-state index in [2.05, 4.69) is 17.0 Å². The Balaban J connectivity index is 1.96. The number of hydrogen-bond donors (Lipinski definition) is 1. The molecule has 0 bridgehead atoms. The molecule has 0 saturated heterocycles. The molecule has 2 atom stereocenters. The van der Waals surface area contributed by atoms with Crippen molar-refractivity contribution in [3.05, 3.63) is 23.7 Å². The maximum Gasteiger partial charge on any atom is 0.373 e. The third-order valence-corrected chi connectivity index (χ3v) is 3.28. The normalized spacial score (nSPS) is 18.8. The molecule has 1 aliphatic carbocycles. The summed E-state index contributed by atoms with van der Waals surface area (Å²) >= 11 is 0. The number of carbonyl (C=O) groups is 1. The summed E-state index contributed by atoms with van der Waals surface area (Å²) in [6.45, 7) is 4.23. The number of nitrogens with one attached hydrogen (secondary N) is 1. The first-order chi connectivity index (χ1) is 8.11. The van der Waals surface area contributed by atoms with Crippen molar-refractivity contribution in [3.63, 3.8) is 0 Å². The van der Waals surface area contributed by atoms with Crippen LogP contribution < -0.4 is 5.32 Å². The number of methoxy groups -OCH3 is 1. The van der Waals surface area contributed by atoms with Crippen LogP contribution in [0.2, 0.25) is 0 Å². The minimum absolute atomic E-state index is 0.115. The molecule has 1 saturated carbocycles. The van der Waals surface area contributed by atoms with Crippen LogP contribution in [-0.2, 0) is 4.74 Å². The van der Waals surface area contributed by atoms with Crippen LogP contribution in [0.3, 0.4) is 0 Å². The Morgan fingerprint density at radius 1 is 1.47 bits per heavy atom. The zero-order chi connectivity index (χ0) is 12.4. The van der Waals surface area contributed by atoms with Gasteiger partial charge in [-0.2, -0.15) is 0 Å². The average molecular weight is 237 g/mol. The fraction of sp³-hybridized carbons (Fsp3) is 0.615. The Hall–Kier alpha value is -1.29. The summed E-state index contributed by atoms with van der Waals surface area (Å²) in [5.41, 5.74) is 0. The molecule has 4 nitrogen and oxygen atoms in total. The summed E-state index contributed by atoms with van der Waals surface area (Å²) in [7, 11) is 1.35. The molecule has 1 aromatic rings. The quantitative estimate of drug-likeness (QED) is 0.799. The molecule has 1 aromatic heterocycles. The highest BCUT2D eigenvalue weighted by Crippen LogP contribution is 2.33. The number of ether oxygens (including phenoxy) is 1. The van der Waals surface area contributed by atoms with Crippen LogP contribution in [0.15, 0.2) is 16.5 Å². The van der Waals surface area contributed by atoms with Gasteiger partial charge in [-0.3, -0.25) is 0 Å². The molecule has 0 aromatic carbocycles. The van der Waals surface area contributed by atoms with Gasteiger partial charge in [-0.1, -0.05) is 0 Å². The first-order valence-corrected chi connectivity index (χ1v) is 6.06. The van der Waals surface area contributed by atoms with E-state index in [4.69, 9.17) is 4.42 Å². The van der Waals surface area contributed by atoms with E-state index in [1.165, 1.54) is 20.0 Å². The van der Waals surface area contributed by atoms with Crippen LogP contribution in [0, 0.1) is 5.92 Å². The van der Waals surface area contributed by atoms with Gasteiger partial charge < -0.3 is 14.5 Å². The molecule has 94 valence electrons. The topological polar surface area (TPSA) is 51.5 Å². The van der Waals surface area contributed by atoms with Gasteiger partial charge in [0.2, 0.25) is 5.76 Å². The second-order valence-electron chi connectivity index (χ2n) is 4.71. The largest absolute Gasteiger partial charge is 0.463 e. The van der Waals surface area contributed by atoms with Crippen molar-refractivity contribution in [2.24, 2.45) is 5.92 Å². The van der Waals surface area contributed by atoms with Crippen LogP contribution in [0.1, 0.15) is 49.0 Å². The molecule has 0 radical (unpaired) electrons. The SMILES string of the molecule is COC(=O)c1ccc(C(C)NC(C)C2CC2)o1. The highest BCUT2D eigenvalue weighted by molar-refractivity contribution is 5.86. The smallest absolute Gasteiger partial charge is 0.373 e. The van der Waals surface area contributed by atoms with Crippen LogP contribution >= 0.6 is 0 Å². The van der Waals surface area contributed by atoms with Crippen LogP contribution in [0.4, 0.5) is 0 Å². The van der Waals surface area contributed by atoms with Gasteiger partial charge in [-0.25, -0.2) is 4.79 Å². The lowest BCUT2D eigenvalue weighted by molar-refractivity contribution is 0.0562. The van der Waals surface area contributed by atoms with Gasteiger partial charge in [0.15, 0.2) is 0 Å². The lowest BCUT2D eigenvalue weighted by Gasteiger charge is -2.17. The van der Waals surface area contributed by atoms with Gasteiger partial charge in [0.1, 0.15) is 5.76 Å². The Labute approximate surface area is 101 Å². The molecule has 1 N–H and O–H groups in total.